The Morgan fingerprint density at radius 3 is 2.55 bits per heavy atom. The first-order valence-corrected chi connectivity index (χ1v) is 7.65. The van der Waals surface area contributed by atoms with Gasteiger partial charge in [0.2, 0.25) is 0 Å². The van der Waals surface area contributed by atoms with E-state index in [1.54, 1.807) is 0 Å². The summed E-state index contributed by atoms with van der Waals surface area (Å²) < 4.78 is 2.29. The molecule has 3 aromatic rings. The van der Waals surface area contributed by atoms with E-state index in [4.69, 9.17) is 0 Å². The number of para-hydroxylation sites is 2. The Morgan fingerprint density at radius 2 is 1.77 bits per heavy atom. The van der Waals surface area contributed by atoms with Crippen LogP contribution < -0.4 is 0 Å². The van der Waals surface area contributed by atoms with Gasteiger partial charge in [-0.1, -0.05) is 36.4 Å². The first kappa shape index (κ1) is 13.1. The second-order valence-corrected chi connectivity index (χ2v) is 5.89. The van der Waals surface area contributed by atoms with Crippen molar-refractivity contribution in [3.8, 4) is 5.69 Å². The van der Waals surface area contributed by atoms with Gasteiger partial charge in [0.25, 0.3) is 0 Å². The molecule has 0 spiro atoms. The molecule has 1 atom stereocenters. The van der Waals surface area contributed by atoms with Gasteiger partial charge in [-0.3, -0.25) is 4.79 Å². The Bertz CT molecular complexity index is 849. The molecule has 0 bridgehead atoms. The van der Waals surface area contributed by atoms with Crippen molar-refractivity contribution < 1.29 is 9.90 Å². The molecule has 0 amide bonds. The Hall–Kier alpha value is -2.55. The Kier molecular flexibility index (Phi) is 3.00. The molecule has 1 aliphatic carbocycles. The fraction of sp³-hybridized carbons (Fsp3) is 0.211. The van der Waals surface area contributed by atoms with Gasteiger partial charge >= 0.3 is 5.97 Å². The predicted octanol–water partition coefficient (Wildman–Crippen LogP) is 3.82. The van der Waals surface area contributed by atoms with Crippen molar-refractivity contribution in [1.29, 1.82) is 0 Å². The first-order valence-electron chi connectivity index (χ1n) is 7.65. The normalized spacial score (nSPS) is 17.4. The lowest BCUT2D eigenvalue weighted by Gasteiger charge is -2.21. The molecule has 1 aromatic heterocycles. The molecular weight excluding hydrogens is 274 g/mol. The molecule has 22 heavy (non-hydrogen) atoms. The second kappa shape index (κ2) is 5.02. The molecule has 0 saturated carbocycles. The number of carboxylic acids is 1. The van der Waals surface area contributed by atoms with Gasteiger partial charge in [0.15, 0.2) is 0 Å². The quantitative estimate of drug-likeness (QED) is 0.780. The monoisotopic (exact) mass is 291 g/mol. The summed E-state index contributed by atoms with van der Waals surface area (Å²) >= 11 is 0. The lowest BCUT2D eigenvalue weighted by molar-refractivity contribution is -0.142. The van der Waals surface area contributed by atoms with E-state index in [9.17, 15) is 9.90 Å². The van der Waals surface area contributed by atoms with Crippen LogP contribution in [-0.2, 0) is 17.6 Å². The SMILES string of the molecule is O=C(O)C1CCc2c(c3ccccc3n2-c2ccccc2)C1. The van der Waals surface area contributed by atoms with Crippen LogP contribution in [0, 0.1) is 5.92 Å². The molecule has 4 rings (SSSR count). The van der Waals surface area contributed by atoms with E-state index in [-0.39, 0.29) is 5.92 Å². The number of carbonyl (C=O) groups is 1. The highest BCUT2D eigenvalue weighted by molar-refractivity contribution is 5.88. The molecule has 1 N–H and O–H groups in total. The van der Waals surface area contributed by atoms with Crippen molar-refractivity contribution in [2.75, 3.05) is 0 Å². The standard InChI is InChI=1S/C19H17NO2/c21-19(22)13-10-11-18-16(12-13)15-8-4-5-9-17(15)20(18)14-6-2-1-3-7-14/h1-9,13H,10-12H2,(H,21,22). The maximum absolute atomic E-state index is 11.4. The highest BCUT2D eigenvalue weighted by atomic mass is 16.4. The molecule has 3 nitrogen and oxygen atoms in total. The maximum atomic E-state index is 11.4. The molecule has 0 radical (unpaired) electrons. The molecule has 1 aliphatic rings. The predicted molar refractivity (Wildman–Crippen MR) is 86.4 cm³/mol. The zero-order valence-corrected chi connectivity index (χ0v) is 12.2. The van der Waals surface area contributed by atoms with Crippen LogP contribution in [0.2, 0.25) is 0 Å². The smallest absolute Gasteiger partial charge is 0.306 e. The van der Waals surface area contributed by atoms with E-state index in [2.05, 4.69) is 28.8 Å². The number of hydrogen-bond acceptors (Lipinski definition) is 1. The van der Waals surface area contributed by atoms with E-state index in [0.29, 0.717) is 12.8 Å². The van der Waals surface area contributed by atoms with E-state index in [1.807, 2.05) is 30.3 Å². The molecule has 110 valence electrons. The number of nitrogens with zero attached hydrogens (tertiary/aromatic N) is 1. The fourth-order valence-electron chi connectivity index (χ4n) is 3.59. The van der Waals surface area contributed by atoms with Crippen LogP contribution in [0.4, 0.5) is 0 Å². The van der Waals surface area contributed by atoms with Crippen molar-refractivity contribution in [3.63, 3.8) is 0 Å². The molecule has 0 aliphatic heterocycles. The van der Waals surface area contributed by atoms with Crippen LogP contribution in [0.3, 0.4) is 0 Å². The van der Waals surface area contributed by atoms with Crippen LogP contribution in [0.5, 0.6) is 0 Å². The number of aromatic nitrogens is 1. The van der Waals surface area contributed by atoms with Gasteiger partial charge in [-0.15, -0.1) is 0 Å². The van der Waals surface area contributed by atoms with Gasteiger partial charge < -0.3 is 9.67 Å². The molecular formula is C19H17NO2. The number of aliphatic carboxylic acids is 1. The third-order valence-electron chi connectivity index (χ3n) is 4.63. The number of carboxylic acid groups (broad SMARTS) is 1. The van der Waals surface area contributed by atoms with Crippen molar-refractivity contribution >= 4 is 16.9 Å². The third-order valence-corrected chi connectivity index (χ3v) is 4.63. The average Bonchev–Trinajstić information content (AvgIpc) is 2.89. The summed E-state index contributed by atoms with van der Waals surface area (Å²) in [5.41, 5.74) is 4.79. The summed E-state index contributed by atoms with van der Waals surface area (Å²) in [5.74, 6) is -0.940. The van der Waals surface area contributed by atoms with Gasteiger partial charge in [-0.25, -0.2) is 0 Å². The number of benzene rings is 2. The van der Waals surface area contributed by atoms with Crippen LogP contribution in [0.15, 0.2) is 54.6 Å². The van der Waals surface area contributed by atoms with Crippen LogP contribution in [-0.4, -0.2) is 15.6 Å². The van der Waals surface area contributed by atoms with E-state index in [1.165, 1.54) is 22.2 Å². The van der Waals surface area contributed by atoms with E-state index in [0.717, 1.165) is 12.1 Å². The highest BCUT2D eigenvalue weighted by Gasteiger charge is 2.29. The van der Waals surface area contributed by atoms with Crippen LogP contribution >= 0.6 is 0 Å². The van der Waals surface area contributed by atoms with Crippen LogP contribution in [0.25, 0.3) is 16.6 Å². The largest absolute Gasteiger partial charge is 0.481 e. The number of hydrogen-bond donors (Lipinski definition) is 1. The molecule has 3 heteroatoms. The zero-order chi connectivity index (χ0) is 15.1. The summed E-state index contributed by atoms with van der Waals surface area (Å²) in [7, 11) is 0. The number of fused-ring (bicyclic) bond motifs is 3. The molecule has 0 fully saturated rings. The Morgan fingerprint density at radius 1 is 1.05 bits per heavy atom. The Labute approximate surface area is 128 Å². The van der Waals surface area contributed by atoms with E-state index >= 15 is 0 Å². The fourth-order valence-corrected chi connectivity index (χ4v) is 3.59. The van der Waals surface area contributed by atoms with Crippen LogP contribution in [0.1, 0.15) is 17.7 Å². The third kappa shape index (κ3) is 1.93. The molecule has 1 unspecified atom stereocenters. The van der Waals surface area contributed by atoms with E-state index < -0.39 is 5.97 Å². The first-order chi connectivity index (χ1) is 10.8. The lowest BCUT2D eigenvalue weighted by Crippen LogP contribution is -2.22. The van der Waals surface area contributed by atoms with Gasteiger partial charge in [0, 0.05) is 16.8 Å². The molecule has 0 saturated heterocycles. The molecule has 1 heterocycles. The topological polar surface area (TPSA) is 42.2 Å². The summed E-state index contributed by atoms with van der Waals surface area (Å²) in [6, 6.07) is 18.6. The molecule has 2 aromatic carbocycles. The minimum atomic E-state index is -0.679. The average molecular weight is 291 g/mol. The summed E-state index contributed by atoms with van der Waals surface area (Å²) in [6.07, 6.45) is 2.16. The maximum Gasteiger partial charge on any atom is 0.306 e. The zero-order valence-electron chi connectivity index (χ0n) is 12.2. The van der Waals surface area contributed by atoms with Crippen molar-refractivity contribution in [2.45, 2.75) is 19.3 Å². The van der Waals surface area contributed by atoms with Gasteiger partial charge in [-0.05, 0) is 43.0 Å². The number of rotatable bonds is 2. The minimum absolute atomic E-state index is 0.262. The lowest BCUT2D eigenvalue weighted by atomic mass is 9.86. The second-order valence-electron chi connectivity index (χ2n) is 5.89. The summed E-state index contributed by atoms with van der Waals surface area (Å²) in [6.45, 7) is 0. The summed E-state index contributed by atoms with van der Waals surface area (Å²) in [5, 5.41) is 10.5. The summed E-state index contributed by atoms with van der Waals surface area (Å²) in [4.78, 5) is 11.4. The van der Waals surface area contributed by atoms with Crippen molar-refractivity contribution in [3.05, 3.63) is 65.9 Å². The van der Waals surface area contributed by atoms with Gasteiger partial charge in [0.05, 0.1) is 11.4 Å². The Balaban J connectivity index is 1.97. The highest BCUT2D eigenvalue weighted by Crippen LogP contribution is 2.36. The van der Waals surface area contributed by atoms with Gasteiger partial charge in [0.1, 0.15) is 0 Å². The van der Waals surface area contributed by atoms with Crippen molar-refractivity contribution in [1.82, 2.24) is 4.57 Å². The minimum Gasteiger partial charge on any atom is -0.481 e. The van der Waals surface area contributed by atoms with Gasteiger partial charge in [-0.2, -0.15) is 0 Å². The van der Waals surface area contributed by atoms with Crippen molar-refractivity contribution in [2.24, 2.45) is 5.92 Å².